The Bertz CT molecular complexity index is 3720. The normalized spacial score (nSPS) is 12.9. The number of fused-ring (bicyclic) bond motifs is 14. The number of para-hydroxylation sites is 3. The van der Waals surface area contributed by atoms with Crippen molar-refractivity contribution in [3.05, 3.63) is 151 Å². The zero-order chi connectivity index (χ0) is 38.4. The molecule has 0 unspecified atom stereocenters. The number of benzene rings is 8. The molecule has 0 saturated heterocycles. The number of nitrogens with zero attached hydrogens (tertiary/aromatic N) is 1. The molecule has 1 N–H and O–H groups in total. The lowest BCUT2D eigenvalue weighted by atomic mass is 9.59. The molecular weight excluding hydrogens is 711 g/mol. The van der Waals surface area contributed by atoms with Crippen molar-refractivity contribution in [2.75, 3.05) is 5.32 Å². The first-order valence-electron chi connectivity index (χ1n) is 19.9. The van der Waals surface area contributed by atoms with E-state index in [-0.39, 0.29) is 5.41 Å². The average molecular weight is 746 g/mol. The van der Waals surface area contributed by atoms with E-state index >= 15 is 0 Å². The van der Waals surface area contributed by atoms with Gasteiger partial charge in [0.05, 0.1) is 11.2 Å². The molecule has 12 aromatic rings. The Hall–Kier alpha value is -7.18. The Morgan fingerprint density at radius 3 is 1.72 bits per heavy atom. The Balaban J connectivity index is 1.12. The van der Waals surface area contributed by atoms with E-state index in [4.69, 9.17) is 13.3 Å². The Kier molecular flexibility index (Phi) is 6.19. The monoisotopic (exact) mass is 745 g/mol. The van der Waals surface area contributed by atoms with Crippen LogP contribution in [0.2, 0.25) is 0 Å². The number of hydrogen-bond donors (Lipinski definition) is 1. The first-order valence-corrected chi connectivity index (χ1v) is 19.9. The standard InChI is InChI=1S/C52H34BN2O3/c1-52(2,3)28-16-18-29(19-17-28)54-41-27-49-37(30-10-4-7-13-44(30)58-49)22-35(41)33-20-21-34-36-25-47-38(31-11-5-8-14-45(31)56-47)23-42(36)55-43-24-39-32-12-6-9-15-46(32)57-48(39)26-40(43)53-50(33)51(34)55/h4-27,54H,1-3H3. The summed E-state index contributed by atoms with van der Waals surface area (Å²) in [6.07, 6.45) is 0. The van der Waals surface area contributed by atoms with Crippen LogP contribution in [0.25, 0.3) is 104 Å². The SMILES string of the molecule is CC(C)(C)c1ccc(Nc2cc3oc4ccccc4c3cc2-c2ccc3c4cc5oc6ccccc6c5cc4n4c3c2[B]c2cc3oc5ccccc5c3cc2-4)cc1. The van der Waals surface area contributed by atoms with E-state index < -0.39 is 0 Å². The molecule has 0 amide bonds. The molecule has 1 aliphatic rings. The third kappa shape index (κ3) is 4.43. The minimum absolute atomic E-state index is 0.0587. The second-order valence-corrected chi connectivity index (χ2v) is 16.8. The summed E-state index contributed by atoms with van der Waals surface area (Å²) in [5.74, 6) is 0. The van der Waals surface area contributed by atoms with Gasteiger partial charge < -0.3 is 23.1 Å². The van der Waals surface area contributed by atoms with Gasteiger partial charge in [0, 0.05) is 71.6 Å². The van der Waals surface area contributed by atoms with E-state index in [9.17, 15) is 0 Å². The van der Waals surface area contributed by atoms with Gasteiger partial charge in [-0.2, -0.15) is 0 Å². The van der Waals surface area contributed by atoms with Crippen LogP contribution in [0.5, 0.6) is 0 Å². The number of hydrogen-bond acceptors (Lipinski definition) is 4. The quantitative estimate of drug-likeness (QED) is 0.183. The molecule has 0 fully saturated rings. The van der Waals surface area contributed by atoms with E-state index in [0.29, 0.717) is 0 Å². The Morgan fingerprint density at radius 2 is 1.07 bits per heavy atom. The van der Waals surface area contributed by atoms with Crippen molar-refractivity contribution in [1.82, 2.24) is 4.57 Å². The van der Waals surface area contributed by atoms with Crippen molar-refractivity contribution in [1.29, 1.82) is 0 Å². The highest BCUT2D eigenvalue weighted by atomic mass is 16.3. The number of anilines is 2. The predicted molar refractivity (Wildman–Crippen MR) is 241 cm³/mol. The molecule has 13 rings (SSSR count). The van der Waals surface area contributed by atoms with Crippen molar-refractivity contribution in [2.45, 2.75) is 26.2 Å². The van der Waals surface area contributed by atoms with Gasteiger partial charge in [0.1, 0.15) is 33.5 Å². The van der Waals surface area contributed by atoms with Crippen LogP contribution >= 0.6 is 0 Å². The summed E-state index contributed by atoms with van der Waals surface area (Å²) in [7, 11) is 2.36. The van der Waals surface area contributed by atoms with Gasteiger partial charge in [-0.25, -0.2) is 0 Å². The van der Waals surface area contributed by atoms with Gasteiger partial charge in [0.25, 0.3) is 0 Å². The number of furan rings is 3. The number of nitrogens with one attached hydrogen (secondary N) is 1. The summed E-state index contributed by atoms with van der Waals surface area (Å²) >= 11 is 0. The van der Waals surface area contributed by atoms with Gasteiger partial charge in [-0.15, -0.1) is 0 Å². The lowest BCUT2D eigenvalue weighted by molar-refractivity contribution is 0.590. The summed E-state index contributed by atoms with van der Waals surface area (Å²) in [6.45, 7) is 6.74. The fourth-order valence-corrected chi connectivity index (χ4v) is 9.53. The topological polar surface area (TPSA) is 56.4 Å². The minimum Gasteiger partial charge on any atom is -0.456 e. The Morgan fingerprint density at radius 1 is 0.483 bits per heavy atom. The van der Waals surface area contributed by atoms with Crippen molar-refractivity contribution in [3.8, 4) is 16.8 Å². The summed E-state index contributed by atoms with van der Waals surface area (Å²) in [5.41, 5.74) is 16.5. The minimum atomic E-state index is 0.0587. The number of aromatic nitrogens is 1. The maximum Gasteiger partial charge on any atom is 0.198 e. The molecule has 0 spiro atoms. The summed E-state index contributed by atoms with van der Waals surface area (Å²) in [5, 5.41) is 12.8. The fraction of sp³-hybridized carbons (Fsp3) is 0.0769. The van der Waals surface area contributed by atoms with Crippen LogP contribution in [0, 0.1) is 0 Å². The van der Waals surface area contributed by atoms with E-state index in [0.717, 1.165) is 116 Å². The molecule has 4 aromatic heterocycles. The van der Waals surface area contributed by atoms with Gasteiger partial charge in [-0.1, -0.05) is 105 Å². The first kappa shape index (κ1) is 32.0. The molecule has 273 valence electrons. The summed E-state index contributed by atoms with van der Waals surface area (Å²) < 4.78 is 21.9. The van der Waals surface area contributed by atoms with E-state index in [1.165, 1.54) is 16.5 Å². The molecule has 5 nitrogen and oxygen atoms in total. The van der Waals surface area contributed by atoms with Crippen molar-refractivity contribution in [2.24, 2.45) is 0 Å². The van der Waals surface area contributed by atoms with Gasteiger partial charge in [-0.3, -0.25) is 0 Å². The van der Waals surface area contributed by atoms with Crippen LogP contribution in [0.4, 0.5) is 11.4 Å². The molecule has 5 heterocycles. The van der Waals surface area contributed by atoms with E-state index in [1.807, 2.05) is 24.3 Å². The molecule has 58 heavy (non-hydrogen) atoms. The molecule has 6 heteroatoms. The van der Waals surface area contributed by atoms with Crippen LogP contribution in [0.1, 0.15) is 26.3 Å². The van der Waals surface area contributed by atoms with Crippen LogP contribution in [-0.4, -0.2) is 11.8 Å². The molecule has 0 aliphatic carbocycles. The maximum atomic E-state index is 6.49. The third-order valence-electron chi connectivity index (χ3n) is 12.4. The van der Waals surface area contributed by atoms with E-state index in [2.05, 4.69) is 159 Å². The molecule has 1 radical (unpaired) electrons. The molecular formula is C52H34BN2O3. The van der Waals surface area contributed by atoms with E-state index in [1.54, 1.807) is 0 Å². The average Bonchev–Trinajstić information content (AvgIpc) is 3.98. The lowest BCUT2D eigenvalue weighted by Gasteiger charge is -2.24. The highest BCUT2D eigenvalue weighted by molar-refractivity contribution is 6.73. The largest absolute Gasteiger partial charge is 0.456 e. The highest BCUT2D eigenvalue weighted by Gasteiger charge is 2.29. The second kappa shape index (κ2) is 11.2. The van der Waals surface area contributed by atoms with Crippen molar-refractivity contribution >= 4 is 117 Å². The highest BCUT2D eigenvalue weighted by Crippen LogP contribution is 2.44. The predicted octanol–water partition coefficient (Wildman–Crippen LogP) is 13.2. The van der Waals surface area contributed by atoms with Gasteiger partial charge in [-0.05, 0) is 82.7 Å². The van der Waals surface area contributed by atoms with Crippen molar-refractivity contribution < 1.29 is 13.3 Å². The van der Waals surface area contributed by atoms with Crippen LogP contribution in [-0.2, 0) is 5.41 Å². The maximum absolute atomic E-state index is 6.49. The van der Waals surface area contributed by atoms with Crippen LogP contribution in [0.15, 0.2) is 159 Å². The molecule has 8 aromatic carbocycles. The number of rotatable bonds is 3. The first-order chi connectivity index (χ1) is 28.3. The molecule has 0 saturated carbocycles. The van der Waals surface area contributed by atoms with Gasteiger partial charge in [0.2, 0.25) is 0 Å². The van der Waals surface area contributed by atoms with Gasteiger partial charge in [0.15, 0.2) is 7.28 Å². The van der Waals surface area contributed by atoms with Crippen LogP contribution < -0.4 is 16.2 Å². The van der Waals surface area contributed by atoms with Crippen molar-refractivity contribution in [3.63, 3.8) is 0 Å². The fourth-order valence-electron chi connectivity index (χ4n) is 9.53. The van der Waals surface area contributed by atoms with Crippen LogP contribution in [0.3, 0.4) is 0 Å². The molecule has 1 aliphatic heterocycles. The summed E-state index contributed by atoms with van der Waals surface area (Å²) in [6, 6.07) is 51.9. The Labute approximate surface area is 333 Å². The smallest absolute Gasteiger partial charge is 0.198 e. The zero-order valence-corrected chi connectivity index (χ0v) is 32.1. The molecule has 0 bridgehead atoms. The van der Waals surface area contributed by atoms with Gasteiger partial charge >= 0.3 is 0 Å². The zero-order valence-electron chi connectivity index (χ0n) is 32.1. The lowest BCUT2D eigenvalue weighted by Crippen LogP contribution is -2.37. The third-order valence-corrected chi connectivity index (χ3v) is 12.4. The summed E-state index contributed by atoms with van der Waals surface area (Å²) in [4.78, 5) is 0. The molecule has 0 atom stereocenters. The second-order valence-electron chi connectivity index (χ2n) is 16.8.